The van der Waals surface area contributed by atoms with Crippen molar-refractivity contribution in [1.29, 1.82) is 0 Å². The number of aliphatic imine (C=N–C) groups is 1. The molecule has 2 aromatic carbocycles. The molecule has 1 N–H and O–H groups in total. The molecule has 0 fully saturated rings. The van der Waals surface area contributed by atoms with Crippen molar-refractivity contribution in [2.24, 2.45) is 4.99 Å². The van der Waals surface area contributed by atoms with Gasteiger partial charge in [0.05, 0.1) is 17.7 Å². The molecular weight excluding hydrogens is 476 g/mol. The number of hydrogen-bond acceptors (Lipinski definition) is 6. The summed E-state index contributed by atoms with van der Waals surface area (Å²) in [5.74, 6) is -0.135. The van der Waals surface area contributed by atoms with Crippen molar-refractivity contribution in [3.05, 3.63) is 90.1 Å². The van der Waals surface area contributed by atoms with Crippen LogP contribution in [0.2, 0.25) is 0 Å². The van der Waals surface area contributed by atoms with Crippen LogP contribution in [0.5, 0.6) is 5.75 Å². The third-order valence-electron chi connectivity index (χ3n) is 5.19. The van der Waals surface area contributed by atoms with Gasteiger partial charge < -0.3 is 14.1 Å². The standard InChI is InChI=1S/C25H17F2N3O4S/c26-24(27)34-16-9-7-15(8-10-16)30-23(32)21(12-17-4-3-11-33-17)29-25(30)35-14-22(31)19-13-28-20-6-2-1-5-18(19)20/h1-13,24,28H,14H2. The van der Waals surface area contributed by atoms with Crippen LogP contribution in [0.15, 0.2) is 88.2 Å². The number of rotatable bonds is 7. The second kappa shape index (κ2) is 9.59. The highest BCUT2D eigenvalue weighted by atomic mass is 32.2. The molecule has 35 heavy (non-hydrogen) atoms. The normalized spacial score (nSPS) is 14.8. The van der Waals surface area contributed by atoms with E-state index in [9.17, 15) is 18.4 Å². The number of amides is 1. The van der Waals surface area contributed by atoms with Gasteiger partial charge in [0.25, 0.3) is 5.91 Å². The third-order valence-corrected chi connectivity index (χ3v) is 6.13. The van der Waals surface area contributed by atoms with Gasteiger partial charge in [-0.3, -0.25) is 14.5 Å². The van der Waals surface area contributed by atoms with E-state index in [1.807, 2.05) is 24.3 Å². The summed E-state index contributed by atoms with van der Waals surface area (Å²) in [5.41, 5.74) is 1.91. The zero-order valence-electron chi connectivity index (χ0n) is 18.0. The minimum atomic E-state index is -2.96. The van der Waals surface area contributed by atoms with Crippen LogP contribution in [0, 0.1) is 0 Å². The number of H-pyrrole nitrogens is 1. The Bertz CT molecular complexity index is 1440. The van der Waals surface area contributed by atoms with E-state index in [0.717, 1.165) is 22.7 Å². The van der Waals surface area contributed by atoms with Gasteiger partial charge >= 0.3 is 6.61 Å². The van der Waals surface area contributed by atoms with Gasteiger partial charge in [0.1, 0.15) is 17.2 Å². The number of nitrogens with one attached hydrogen (secondary N) is 1. The number of alkyl halides is 2. The van der Waals surface area contributed by atoms with Crippen LogP contribution in [0.4, 0.5) is 14.5 Å². The number of benzene rings is 2. The highest BCUT2D eigenvalue weighted by molar-refractivity contribution is 8.14. The first-order valence-electron chi connectivity index (χ1n) is 10.4. The Morgan fingerprint density at radius 2 is 1.94 bits per heavy atom. The second-order valence-corrected chi connectivity index (χ2v) is 8.35. The molecule has 0 bridgehead atoms. The average Bonchev–Trinajstić information content (AvgIpc) is 3.58. The Kier molecular flexibility index (Phi) is 6.19. The maximum Gasteiger partial charge on any atom is 0.387 e. The molecule has 1 amide bonds. The molecule has 5 rings (SSSR count). The zero-order chi connectivity index (χ0) is 24.4. The number of para-hydroxylation sites is 1. The topological polar surface area (TPSA) is 87.9 Å². The van der Waals surface area contributed by atoms with E-state index >= 15 is 0 Å². The van der Waals surface area contributed by atoms with Crippen molar-refractivity contribution in [2.45, 2.75) is 6.61 Å². The SMILES string of the molecule is O=C(CSC1=NC(=Cc2ccco2)C(=O)N1c1ccc(OC(F)F)cc1)c1c[nH]c2ccccc12. The van der Waals surface area contributed by atoms with Crippen LogP contribution in [0.1, 0.15) is 16.1 Å². The summed E-state index contributed by atoms with van der Waals surface area (Å²) < 4.78 is 34.7. The number of thioether (sulfide) groups is 1. The van der Waals surface area contributed by atoms with Crippen LogP contribution in [0.3, 0.4) is 0 Å². The van der Waals surface area contributed by atoms with Crippen molar-refractivity contribution >= 4 is 51.3 Å². The molecule has 0 saturated carbocycles. The van der Waals surface area contributed by atoms with Gasteiger partial charge in [-0.15, -0.1) is 0 Å². The van der Waals surface area contributed by atoms with Crippen molar-refractivity contribution in [3.8, 4) is 5.75 Å². The highest BCUT2D eigenvalue weighted by Crippen LogP contribution is 2.31. The van der Waals surface area contributed by atoms with E-state index in [0.29, 0.717) is 17.0 Å². The van der Waals surface area contributed by atoms with Gasteiger partial charge in [-0.25, -0.2) is 4.99 Å². The number of aromatic amines is 1. The summed E-state index contributed by atoms with van der Waals surface area (Å²) in [6.07, 6.45) is 4.64. The maximum atomic E-state index is 13.2. The number of anilines is 1. The number of fused-ring (bicyclic) bond motifs is 1. The molecule has 0 spiro atoms. The van der Waals surface area contributed by atoms with E-state index < -0.39 is 12.5 Å². The summed E-state index contributed by atoms with van der Waals surface area (Å²) in [5, 5.41) is 1.09. The number of amidine groups is 1. The molecule has 10 heteroatoms. The number of hydrogen-bond donors (Lipinski definition) is 1. The van der Waals surface area contributed by atoms with Gasteiger partial charge in [0.15, 0.2) is 11.0 Å². The molecule has 1 aliphatic heterocycles. The maximum absolute atomic E-state index is 13.2. The lowest BCUT2D eigenvalue weighted by Gasteiger charge is -2.18. The summed E-state index contributed by atoms with van der Waals surface area (Å²) >= 11 is 1.11. The van der Waals surface area contributed by atoms with E-state index in [4.69, 9.17) is 4.42 Å². The molecule has 1 aliphatic rings. The lowest BCUT2D eigenvalue weighted by molar-refractivity contribution is -0.113. The number of halogens is 2. The van der Waals surface area contributed by atoms with Gasteiger partial charge in [-0.1, -0.05) is 30.0 Å². The minimum Gasteiger partial charge on any atom is -0.465 e. The quantitative estimate of drug-likeness (QED) is 0.263. The lowest BCUT2D eigenvalue weighted by Crippen LogP contribution is -2.30. The highest BCUT2D eigenvalue weighted by Gasteiger charge is 2.33. The molecule has 2 aromatic heterocycles. The largest absolute Gasteiger partial charge is 0.465 e. The predicted molar refractivity (Wildman–Crippen MR) is 130 cm³/mol. The number of ether oxygens (including phenoxy) is 1. The number of carbonyl (C=O) groups excluding carboxylic acids is 2. The Morgan fingerprint density at radius 3 is 2.69 bits per heavy atom. The van der Waals surface area contributed by atoms with Crippen LogP contribution in [-0.2, 0) is 4.79 Å². The number of aromatic nitrogens is 1. The summed E-state index contributed by atoms with van der Waals surface area (Å²) in [4.78, 5) is 35.0. The van der Waals surface area contributed by atoms with Crippen molar-refractivity contribution in [3.63, 3.8) is 0 Å². The van der Waals surface area contributed by atoms with E-state index in [2.05, 4.69) is 14.7 Å². The number of furan rings is 1. The number of ketones is 1. The monoisotopic (exact) mass is 493 g/mol. The number of carbonyl (C=O) groups is 2. The fourth-order valence-corrected chi connectivity index (χ4v) is 4.51. The molecule has 0 atom stereocenters. The number of nitrogens with zero attached hydrogens (tertiary/aromatic N) is 2. The Morgan fingerprint density at radius 1 is 1.14 bits per heavy atom. The summed E-state index contributed by atoms with van der Waals surface area (Å²) in [6, 6.07) is 16.5. The van der Waals surface area contributed by atoms with Gasteiger partial charge in [-0.05, 0) is 42.5 Å². The molecule has 0 unspecified atom stereocenters. The van der Waals surface area contributed by atoms with Crippen molar-refractivity contribution in [1.82, 2.24) is 4.98 Å². The zero-order valence-corrected chi connectivity index (χ0v) is 18.8. The van der Waals surface area contributed by atoms with E-state index in [1.54, 1.807) is 18.3 Å². The molecular formula is C25H17F2N3O4S. The summed E-state index contributed by atoms with van der Waals surface area (Å²) in [7, 11) is 0. The fourth-order valence-electron chi connectivity index (χ4n) is 3.62. The van der Waals surface area contributed by atoms with Gasteiger partial charge in [0.2, 0.25) is 0 Å². The van der Waals surface area contributed by atoms with Crippen LogP contribution >= 0.6 is 11.8 Å². The van der Waals surface area contributed by atoms with Crippen molar-refractivity contribution < 1.29 is 27.5 Å². The smallest absolute Gasteiger partial charge is 0.387 e. The molecule has 3 heterocycles. The third kappa shape index (κ3) is 4.73. The van der Waals surface area contributed by atoms with Crippen LogP contribution in [-0.4, -0.2) is 34.2 Å². The molecule has 0 radical (unpaired) electrons. The molecule has 176 valence electrons. The molecule has 0 saturated heterocycles. The average molecular weight is 493 g/mol. The summed E-state index contributed by atoms with van der Waals surface area (Å²) in [6.45, 7) is -2.96. The molecule has 7 nitrogen and oxygen atoms in total. The molecule has 4 aromatic rings. The van der Waals surface area contributed by atoms with Crippen molar-refractivity contribution in [2.75, 3.05) is 10.7 Å². The fraction of sp³-hybridized carbons (Fsp3) is 0.0800. The van der Waals surface area contributed by atoms with Gasteiger partial charge in [-0.2, -0.15) is 8.78 Å². The van der Waals surface area contributed by atoms with Gasteiger partial charge in [0, 0.05) is 28.7 Å². The Hall–Kier alpha value is -4.18. The molecule has 0 aliphatic carbocycles. The minimum absolute atomic E-state index is 0.0328. The first-order valence-corrected chi connectivity index (χ1v) is 11.4. The lowest BCUT2D eigenvalue weighted by atomic mass is 10.1. The number of Topliss-reactive ketones (excluding diaryl/α,β-unsaturated/α-hetero) is 1. The Balaban J connectivity index is 1.41. The first-order chi connectivity index (χ1) is 17.0. The van der Waals surface area contributed by atoms with E-state index in [-0.39, 0.29) is 28.2 Å². The first kappa shape index (κ1) is 22.6. The predicted octanol–water partition coefficient (Wildman–Crippen LogP) is 5.72. The van der Waals surface area contributed by atoms with Crippen LogP contribution in [0.25, 0.3) is 17.0 Å². The van der Waals surface area contributed by atoms with E-state index in [1.165, 1.54) is 41.5 Å². The second-order valence-electron chi connectivity index (χ2n) is 7.41. The Labute approximate surface area is 202 Å². The van der Waals surface area contributed by atoms with Crippen LogP contribution < -0.4 is 9.64 Å².